The first kappa shape index (κ1) is 13.0. The maximum atomic E-state index is 11.7. The number of anilines is 1. The van der Waals surface area contributed by atoms with Crippen molar-refractivity contribution in [3.05, 3.63) is 22.7 Å². The van der Waals surface area contributed by atoms with Crippen LogP contribution in [0, 0.1) is 5.92 Å². The molecule has 0 saturated heterocycles. The van der Waals surface area contributed by atoms with Crippen molar-refractivity contribution in [3.8, 4) is 0 Å². The lowest BCUT2D eigenvalue weighted by molar-refractivity contribution is -0.00454. The van der Waals surface area contributed by atoms with Crippen molar-refractivity contribution in [2.75, 3.05) is 12.1 Å². The molecule has 1 saturated carbocycles. The van der Waals surface area contributed by atoms with Crippen LogP contribution in [0.25, 0.3) is 0 Å². The molecule has 1 aromatic heterocycles. The fraction of sp³-hybridized carbons (Fsp3) is 0.600. The van der Waals surface area contributed by atoms with Crippen LogP contribution in [0.15, 0.2) is 17.1 Å². The van der Waals surface area contributed by atoms with Gasteiger partial charge in [-0.25, -0.2) is 4.79 Å². The first-order chi connectivity index (χ1) is 8.58. The molecule has 5 N–H and O–H groups in total. The molecule has 4 atom stereocenters. The predicted molar refractivity (Wildman–Crippen MR) is 60.1 cm³/mol. The molecule has 1 aliphatic carbocycles. The fourth-order valence-corrected chi connectivity index (χ4v) is 2.28. The Hall–Kier alpha value is -1.48. The minimum absolute atomic E-state index is 0.00277. The SMILES string of the molecule is O=c1nc(NO)ccn1C1CC(CO)C(O)C1O. The largest absolute Gasteiger partial charge is 0.396 e. The van der Waals surface area contributed by atoms with Crippen molar-refractivity contribution >= 4 is 5.82 Å². The molecule has 0 aromatic carbocycles. The zero-order valence-corrected chi connectivity index (χ0v) is 9.47. The van der Waals surface area contributed by atoms with E-state index in [1.165, 1.54) is 16.8 Å². The zero-order chi connectivity index (χ0) is 13.3. The summed E-state index contributed by atoms with van der Waals surface area (Å²) in [5.74, 6) is -0.462. The van der Waals surface area contributed by atoms with Gasteiger partial charge in [0.05, 0.1) is 12.1 Å². The van der Waals surface area contributed by atoms with E-state index in [4.69, 9.17) is 10.3 Å². The highest BCUT2D eigenvalue weighted by atomic mass is 16.5. The number of aliphatic hydroxyl groups is 3. The molecule has 1 aromatic rings. The Morgan fingerprint density at radius 1 is 1.44 bits per heavy atom. The van der Waals surface area contributed by atoms with Gasteiger partial charge in [-0.2, -0.15) is 4.98 Å². The van der Waals surface area contributed by atoms with E-state index in [1.54, 1.807) is 5.48 Å². The van der Waals surface area contributed by atoms with Gasteiger partial charge in [0, 0.05) is 18.7 Å². The lowest BCUT2D eigenvalue weighted by Crippen LogP contribution is -2.35. The van der Waals surface area contributed by atoms with Crippen LogP contribution in [0.4, 0.5) is 5.82 Å². The predicted octanol–water partition coefficient (Wildman–Crippen LogP) is -1.68. The summed E-state index contributed by atoms with van der Waals surface area (Å²) in [5.41, 5.74) is 1.10. The molecule has 0 bridgehead atoms. The lowest BCUT2D eigenvalue weighted by atomic mass is 10.1. The summed E-state index contributed by atoms with van der Waals surface area (Å²) in [6, 6.07) is 0.733. The number of nitrogens with one attached hydrogen (secondary N) is 1. The van der Waals surface area contributed by atoms with Crippen LogP contribution in [0.3, 0.4) is 0 Å². The third kappa shape index (κ3) is 2.10. The number of hydrogen-bond donors (Lipinski definition) is 5. The molecule has 0 aliphatic heterocycles. The molecule has 1 fully saturated rings. The van der Waals surface area contributed by atoms with Gasteiger partial charge in [-0.15, -0.1) is 0 Å². The Labute approximate surface area is 102 Å². The van der Waals surface area contributed by atoms with Gasteiger partial charge in [0.15, 0.2) is 5.82 Å². The van der Waals surface area contributed by atoms with E-state index in [1.807, 2.05) is 0 Å². The quantitative estimate of drug-likeness (QED) is 0.409. The molecule has 8 heteroatoms. The Kier molecular flexibility index (Phi) is 3.62. The molecule has 2 rings (SSSR count). The maximum absolute atomic E-state index is 11.7. The first-order valence-electron chi connectivity index (χ1n) is 5.54. The monoisotopic (exact) mass is 257 g/mol. The molecule has 100 valence electrons. The van der Waals surface area contributed by atoms with Crippen LogP contribution in [-0.2, 0) is 0 Å². The van der Waals surface area contributed by atoms with Gasteiger partial charge < -0.3 is 15.3 Å². The number of nitrogens with zero attached hydrogens (tertiary/aromatic N) is 2. The average Bonchev–Trinajstić information content (AvgIpc) is 2.66. The van der Waals surface area contributed by atoms with Gasteiger partial charge >= 0.3 is 5.69 Å². The van der Waals surface area contributed by atoms with Crippen LogP contribution in [0.5, 0.6) is 0 Å². The van der Waals surface area contributed by atoms with E-state index in [9.17, 15) is 15.0 Å². The Bertz CT molecular complexity index is 477. The molecule has 1 aliphatic rings. The summed E-state index contributed by atoms with van der Waals surface area (Å²) in [6.07, 6.45) is -0.544. The van der Waals surface area contributed by atoms with E-state index < -0.39 is 29.9 Å². The topological polar surface area (TPSA) is 128 Å². The first-order valence-corrected chi connectivity index (χ1v) is 5.54. The highest BCUT2D eigenvalue weighted by molar-refractivity contribution is 5.28. The standard InChI is InChI=1S/C10H15N3O5/c14-4-5-3-6(9(16)8(5)15)13-2-1-7(12-18)11-10(13)17/h1-2,5-6,8-9,14-16,18H,3-4H2,(H,11,12,17). The summed E-state index contributed by atoms with van der Waals surface area (Å²) < 4.78 is 1.18. The zero-order valence-electron chi connectivity index (χ0n) is 9.47. The second-order valence-electron chi connectivity index (χ2n) is 4.34. The van der Waals surface area contributed by atoms with Crippen molar-refractivity contribution in [2.24, 2.45) is 5.92 Å². The Morgan fingerprint density at radius 3 is 2.67 bits per heavy atom. The van der Waals surface area contributed by atoms with Crippen LogP contribution in [0.1, 0.15) is 12.5 Å². The molecule has 0 spiro atoms. The van der Waals surface area contributed by atoms with Crippen molar-refractivity contribution < 1.29 is 20.5 Å². The third-order valence-electron chi connectivity index (χ3n) is 3.31. The second kappa shape index (κ2) is 5.02. The molecular formula is C10H15N3O5. The minimum Gasteiger partial charge on any atom is -0.396 e. The summed E-state index contributed by atoms with van der Waals surface area (Å²) >= 11 is 0. The van der Waals surface area contributed by atoms with Crippen LogP contribution in [-0.4, -0.2) is 48.9 Å². The molecule has 0 amide bonds. The van der Waals surface area contributed by atoms with Crippen molar-refractivity contribution in [2.45, 2.75) is 24.7 Å². The van der Waals surface area contributed by atoms with Crippen LogP contribution >= 0.6 is 0 Å². The molecule has 0 radical (unpaired) electrons. The average molecular weight is 257 g/mol. The third-order valence-corrected chi connectivity index (χ3v) is 3.31. The van der Waals surface area contributed by atoms with Crippen LogP contribution < -0.4 is 11.2 Å². The Balaban J connectivity index is 2.30. The fourth-order valence-electron chi connectivity index (χ4n) is 2.28. The van der Waals surface area contributed by atoms with Gasteiger partial charge in [0.25, 0.3) is 0 Å². The van der Waals surface area contributed by atoms with Gasteiger partial charge in [-0.3, -0.25) is 15.3 Å². The summed E-state index contributed by atoms with van der Waals surface area (Å²) in [7, 11) is 0. The van der Waals surface area contributed by atoms with Crippen molar-refractivity contribution in [3.63, 3.8) is 0 Å². The highest BCUT2D eigenvalue weighted by Crippen LogP contribution is 2.34. The number of rotatable bonds is 3. The van der Waals surface area contributed by atoms with E-state index in [0.717, 1.165) is 0 Å². The van der Waals surface area contributed by atoms with E-state index in [2.05, 4.69) is 4.98 Å². The number of aromatic nitrogens is 2. The van der Waals surface area contributed by atoms with E-state index in [0.29, 0.717) is 0 Å². The van der Waals surface area contributed by atoms with Crippen LogP contribution in [0.2, 0.25) is 0 Å². The smallest absolute Gasteiger partial charge is 0.349 e. The molecule has 18 heavy (non-hydrogen) atoms. The summed E-state index contributed by atoms with van der Waals surface area (Å²) in [5, 5.41) is 37.2. The normalized spacial score (nSPS) is 31.6. The molecule has 1 heterocycles. The minimum atomic E-state index is -1.13. The number of hydrogen-bond acceptors (Lipinski definition) is 7. The van der Waals surface area contributed by atoms with Crippen molar-refractivity contribution in [1.82, 2.24) is 9.55 Å². The van der Waals surface area contributed by atoms with Gasteiger partial charge in [-0.1, -0.05) is 0 Å². The number of aliphatic hydroxyl groups excluding tert-OH is 3. The van der Waals surface area contributed by atoms with Gasteiger partial charge in [0.1, 0.15) is 6.10 Å². The second-order valence-corrected chi connectivity index (χ2v) is 4.34. The maximum Gasteiger partial charge on any atom is 0.349 e. The lowest BCUT2D eigenvalue weighted by Gasteiger charge is -2.18. The van der Waals surface area contributed by atoms with Gasteiger partial charge in [0.2, 0.25) is 0 Å². The van der Waals surface area contributed by atoms with Gasteiger partial charge in [-0.05, 0) is 12.5 Å². The summed E-state index contributed by atoms with van der Waals surface area (Å²) in [4.78, 5) is 15.2. The van der Waals surface area contributed by atoms with Crippen molar-refractivity contribution in [1.29, 1.82) is 0 Å². The molecular weight excluding hydrogens is 242 g/mol. The van der Waals surface area contributed by atoms with E-state index in [-0.39, 0.29) is 18.8 Å². The Morgan fingerprint density at radius 2 is 2.17 bits per heavy atom. The summed E-state index contributed by atoms with van der Waals surface area (Å²) in [6.45, 7) is -0.257. The molecule has 4 unspecified atom stereocenters. The van der Waals surface area contributed by atoms with E-state index >= 15 is 0 Å². The molecule has 8 nitrogen and oxygen atoms in total. The highest BCUT2D eigenvalue weighted by Gasteiger charge is 2.42.